The molecule has 2 heteroatoms. The van der Waals surface area contributed by atoms with Crippen molar-refractivity contribution in [1.29, 1.82) is 0 Å². The number of nitrogens with zero attached hydrogens (tertiary/aromatic N) is 1. The molecule has 0 aromatic rings. The lowest BCUT2D eigenvalue weighted by Gasteiger charge is -2.17. The Hall–Kier alpha value is -0.790. The lowest BCUT2D eigenvalue weighted by Crippen LogP contribution is -2.29. The first-order valence-corrected chi connectivity index (χ1v) is 3.65. The Balaban J connectivity index is 2.37. The van der Waals surface area contributed by atoms with Gasteiger partial charge in [-0.15, -0.1) is 0 Å². The minimum atomic E-state index is 0.161. The highest BCUT2D eigenvalue weighted by Gasteiger charge is 2.14. The van der Waals surface area contributed by atoms with Crippen molar-refractivity contribution < 1.29 is 4.79 Å². The van der Waals surface area contributed by atoms with Gasteiger partial charge in [0.1, 0.15) is 0 Å². The van der Waals surface area contributed by atoms with E-state index < -0.39 is 0 Å². The Morgan fingerprint density at radius 2 is 2.40 bits per heavy atom. The maximum Gasteiger partial charge on any atom is 0.246 e. The third-order valence-corrected chi connectivity index (χ3v) is 1.48. The highest BCUT2D eigenvalue weighted by atomic mass is 16.2. The van der Waals surface area contributed by atoms with E-state index in [1.165, 1.54) is 0 Å². The summed E-state index contributed by atoms with van der Waals surface area (Å²) in [7, 11) is 0. The molecule has 0 aromatic carbocycles. The predicted octanol–water partition coefficient (Wildman–Crippen LogP) is 1.04. The van der Waals surface area contributed by atoms with Gasteiger partial charge in [-0.25, -0.2) is 0 Å². The van der Waals surface area contributed by atoms with E-state index in [9.17, 15) is 4.79 Å². The molecule has 0 aliphatic carbocycles. The molecule has 1 heterocycles. The van der Waals surface area contributed by atoms with Crippen molar-refractivity contribution in [3.05, 3.63) is 12.2 Å². The van der Waals surface area contributed by atoms with E-state index in [4.69, 9.17) is 0 Å². The lowest BCUT2D eigenvalue weighted by atomic mass is 10.2. The highest BCUT2D eigenvalue weighted by molar-refractivity contribution is 5.89. The van der Waals surface area contributed by atoms with Crippen molar-refractivity contribution in [2.45, 2.75) is 13.8 Å². The third-order valence-electron chi connectivity index (χ3n) is 1.48. The Labute approximate surface area is 61.5 Å². The van der Waals surface area contributed by atoms with E-state index in [2.05, 4.69) is 13.8 Å². The zero-order valence-electron chi connectivity index (χ0n) is 6.50. The molecule has 56 valence electrons. The van der Waals surface area contributed by atoms with Gasteiger partial charge in [-0.1, -0.05) is 19.9 Å². The maximum absolute atomic E-state index is 10.9. The van der Waals surface area contributed by atoms with Gasteiger partial charge >= 0.3 is 0 Å². The van der Waals surface area contributed by atoms with E-state index in [0.29, 0.717) is 5.92 Å². The fourth-order valence-electron chi connectivity index (χ4n) is 1.08. The first-order chi connectivity index (χ1) is 4.70. The molecule has 1 rings (SSSR count). The van der Waals surface area contributed by atoms with Gasteiger partial charge in [0, 0.05) is 19.2 Å². The summed E-state index contributed by atoms with van der Waals surface area (Å²) in [6, 6.07) is 0. The topological polar surface area (TPSA) is 20.3 Å². The predicted molar refractivity (Wildman–Crippen MR) is 40.6 cm³/mol. The Morgan fingerprint density at radius 3 is 2.80 bits per heavy atom. The summed E-state index contributed by atoms with van der Waals surface area (Å²) in [5.41, 5.74) is 0. The van der Waals surface area contributed by atoms with Crippen LogP contribution in [-0.2, 0) is 4.79 Å². The zero-order chi connectivity index (χ0) is 7.56. The average Bonchev–Trinajstić information content (AvgIpc) is 2.15. The van der Waals surface area contributed by atoms with Gasteiger partial charge in [0.05, 0.1) is 0 Å². The standard InChI is InChI=1S/C8H13NO/c1-7(2)6-9-5-3-4-8(9)10/h3-4,7H,5-6H2,1-2H3. The fraction of sp³-hybridized carbons (Fsp3) is 0.625. The summed E-state index contributed by atoms with van der Waals surface area (Å²) < 4.78 is 0. The molecule has 0 unspecified atom stereocenters. The highest BCUT2D eigenvalue weighted by Crippen LogP contribution is 2.04. The number of hydrogen-bond acceptors (Lipinski definition) is 1. The van der Waals surface area contributed by atoms with E-state index in [0.717, 1.165) is 13.1 Å². The smallest absolute Gasteiger partial charge is 0.246 e. The second-order valence-electron chi connectivity index (χ2n) is 3.04. The van der Waals surface area contributed by atoms with Crippen LogP contribution >= 0.6 is 0 Å². The molecule has 0 saturated carbocycles. The summed E-state index contributed by atoms with van der Waals surface area (Å²) >= 11 is 0. The zero-order valence-corrected chi connectivity index (χ0v) is 6.50. The van der Waals surface area contributed by atoms with Gasteiger partial charge in [0.2, 0.25) is 5.91 Å². The Bertz CT molecular complexity index is 161. The normalized spacial score (nSPS) is 17.5. The molecule has 0 spiro atoms. The first kappa shape index (κ1) is 7.32. The van der Waals surface area contributed by atoms with Crippen LogP contribution in [0.2, 0.25) is 0 Å². The molecular weight excluding hydrogens is 126 g/mol. The van der Waals surface area contributed by atoms with Crippen molar-refractivity contribution in [2.24, 2.45) is 5.92 Å². The summed E-state index contributed by atoms with van der Waals surface area (Å²) in [5, 5.41) is 0. The van der Waals surface area contributed by atoms with Crippen molar-refractivity contribution in [3.63, 3.8) is 0 Å². The molecule has 0 fully saturated rings. The van der Waals surface area contributed by atoms with Crippen molar-refractivity contribution in [2.75, 3.05) is 13.1 Å². The van der Waals surface area contributed by atoms with Gasteiger partial charge in [0.25, 0.3) is 0 Å². The Morgan fingerprint density at radius 1 is 1.70 bits per heavy atom. The summed E-state index contributed by atoms with van der Waals surface area (Å²) in [5.74, 6) is 0.734. The molecule has 0 atom stereocenters. The number of amides is 1. The molecule has 1 amide bonds. The molecule has 0 radical (unpaired) electrons. The van der Waals surface area contributed by atoms with Crippen molar-refractivity contribution in [1.82, 2.24) is 4.90 Å². The van der Waals surface area contributed by atoms with Crippen LogP contribution in [0.15, 0.2) is 12.2 Å². The van der Waals surface area contributed by atoms with E-state index >= 15 is 0 Å². The fourth-order valence-corrected chi connectivity index (χ4v) is 1.08. The maximum atomic E-state index is 10.9. The summed E-state index contributed by atoms with van der Waals surface area (Å²) in [6.07, 6.45) is 3.55. The molecule has 0 bridgehead atoms. The molecule has 0 aromatic heterocycles. The van der Waals surface area contributed by atoms with Gasteiger partial charge in [-0.05, 0) is 5.92 Å². The number of rotatable bonds is 2. The quantitative estimate of drug-likeness (QED) is 0.559. The molecule has 2 nitrogen and oxygen atoms in total. The minimum Gasteiger partial charge on any atom is -0.335 e. The molecule has 1 aliphatic rings. The molecular formula is C8H13NO. The molecule has 10 heavy (non-hydrogen) atoms. The summed E-state index contributed by atoms with van der Waals surface area (Å²) in [6.45, 7) is 5.92. The second kappa shape index (κ2) is 2.86. The van der Waals surface area contributed by atoms with Crippen molar-refractivity contribution >= 4 is 5.91 Å². The van der Waals surface area contributed by atoms with Crippen LogP contribution in [0, 0.1) is 5.92 Å². The monoisotopic (exact) mass is 139 g/mol. The number of hydrogen-bond donors (Lipinski definition) is 0. The van der Waals surface area contributed by atoms with Crippen LogP contribution in [0.1, 0.15) is 13.8 Å². The van der Waals surface area contributed by atoms with Crippen LogP contribution in [0.4, 0.5) is 0 Å². The largest absolute Gasteiger partial charge is 0.335 e. The third kappa shape index (κ3) is 1.59. The van der Waals surface area contributed by atoms with Crippen LogP contribution in [0.25, 0.3) is 0 Å². The first-order valence-electron chi connectivity index (χ1n) is 3.65. The van der Waals surface area contributed by atoms with Crippen molar-refractivity contribution in [3.8, 4) is 0 Å². The van der Waals surface area contributed by atoms with E-state index in [-0.39, 0.29) is 5.91 Å². The summed E-state index contributed by atoms with van der Waals surface area (Å²) in [4.78, 5) is 12.8. The average molecular weight is 139 g/mol. The van der Waals surface area contributed by atoms with Crippen LogP contribution in [0.5, 0.6) is 0 Å². The van der Waals surface area contributed by atoms with Crippen LogP contribution in [-0.4, -0.2) is 23.9 Å². The van der Waals surface area contributed by atoms with Crippen LogP contribution < -0.4 is 0 Å². The Kier molecular flexibility index (Phi) is 2.10. The van der Waals surface area contributed by atoms with Gasteiger partial charge < -0.3 is 4.90 Å². The SMILES string of the molecule is CC(C)CN1CC=CC1=O. The van der Waals surface area contributed by atoms with Gasteiger partial charge in [0.15, 0.2) is 0 Å². The number of carbonyl (C=O) groups is 1. The van der Waals surface area contributed by atoms with E-state index in [1.54, 1.807) is 6.08 Å². The number of carbonyl (C=O) groups excluding carboxylic acids is 1. The molecule has 1 aliphatic heterocycles. The van der Waals surface area contributed by atoms with Gasteiger partial charge in [-0.2, -0.15) is 0 Å². The van der Waals surface area contributed by atoms with Crippen LogP contribution in [0.3, 0.4) is 0 Å². The second-order valence-corrected chi connectivity index (χ2v) is 3.04. The van der Waals surface area contributed by atoms with E-state index in [1.807, 2.05) is 11.0 Å². The molecule has 0 saturated heterocycles. The van der Waals surface area contributed by atoms with Gasteiger partial charge in [-0.3, -0.25) is 4.79 Å². The minimum absolute atomic E-state index is 0.161. The molecule has 0 N–H and O–H groups in total. The lowest BCUT2D eigenvalue weighted by molar-refractivity contribution is -0.124.